The van der Waals surface area contributed by atoms with Gasteiger partial charge in [-0.3, -0.25) is 0 Å². The van der Waals surface area contributed by atoms with Crippen molar-refractivity contribution in [2.75, 3.05) is 0 Å². The molecular weight excluding hydrogens is 341 g/mol. The standard InChI is InChI=1S/C19H15Cl2N3/c1-12-17-10-11-18(13-2-4-14(20)5-3-13)22-19(17)24(23-12)16-8-6-15(21)7-9-16/h2-9H,10-11H2,1H3. The lowest BCUT2D eigenvalue weighted by Gasteiger charge is -2.15. The summed E-state index contributed by atoms with van der Waals surface area (Å²) in [7, 11) is 0. The Morgan fingerprint density at radius 2 is 1.50 bits per heavy atom. The first-order valence-electron chi connectivity index (χ1n) is 7.80. The molecule has 5 heteroatoms. The van der Waals surface area contributed by atoms with Crippen molar-refractivity contribution < 1.29 is 0 Å². The summed E-state index contributed by atoms with van der Waals surface area (Å²) in [6.45, 7) is 2.04. The molecular formula is C19H15Cl2N3. The molecule has 0 unspecified atom stereocenters. The third-order valence-corrected chi connectivity index (χ3v) is 4.76. The fourth-order valence-electron chi connectivity index (χ4n) is 3.00. The zero-order valence-electron chi connectivity index (χ0n) is 13.1. The number of aliphatic imine (C=N–C) groups is 1. The van der Waals surface area contributed by atoms with Gasteiger partial charge in [0.25, 0.3) is 0 Å². The quantitative estimate of drug-likeness (QED) is 0.592. The smallest absolute Gasteiger partial charge is 0.159 e. The van der Waals surface area contributed by atoms with E-state index in [2.05, 4.69) is 5.10 Å². The highest BCUT2D eigenvalue weighted by molar-refractivity contribution is 6.31. The number of aryl methyl sites for hydroxylation is 1. The fraction of sp³-hybridized carbons (Fsp3) is 0.158. The van der Waals surface area contributed by atoms with Crippen molar-refractivity contribution in [1.82, 2.24) is 9.78 Å². The number of halogens is 2. The normalized spacial score (nSPS) is 13.5. The number of benzene rings is 2. The monoisotopic (exact) mass is 355 g/mol. The molecule has 0 radical (unpaired) electrons. The van der Waals surface area contributed by atoms with Crippen molar-refractivity contribution >= 4 is 34.7 Å². The maximum Gasteiger partial charge on any atom is 0.159 e. The molecule has 24 heavy (non-hydrogen) atoms. The van der Waals surface area contributed by atoms with Crippen LogP contribution in [0.2, 0.25) is 10.0 Å². The van der Waals surface area contributed by atoms with Crippen molar-refractivity contribution in [2.45, 2.75) is 19.8 Å². The van der Waals surface area contributed by atoms with Gasteiger partial charge in [0.05, 0.1) is 17.1 Å². The van der Waals surface area contributed by atoms with Crippen LogP contribution < -0.4 is 0 Å². The first-order valence-corrected chi connectivity index (χ1v) is 8.55. The van der Waals surface area contributed by atoms with Crippen LogP contribution in [0.1, 0.15) is 23.2 Å². The Kier molecular flexibility index (Phi) is 3.91. The molecule has 1 aliphatic heterocycles. The van der Waals surface area contributed by atoms with Crippen LogP contribution in [0.25, 0.3) is 5.69 Å². The number of fused-ring (bicyclic) bond motifs is 1. The van der Waals surface area contributed by atoms with Gasteiger partial charge in [0.2, 0.25) is 0 Å². The lowest BCUT2D eigenvalue weighted by Crippen LogP contribution is -2.08. The highest BCUT2D eigenvalue weighted by atomic mass is 35.5. The second-order valence-electron chi connectivity index (χ2n) is 5.84. The minimum atomic E-state index is 0.710. The van der Waals surface area contributed by atoms with Gasteiger partial charge in [0.15, 0.2) is 5.82 Å². The number of rotatable bonds is 2. The van der Waals surface area contributed by atoms with Crippen LogP contribution in [0.15, 0.2) is 53.5 Å². The molecule has 2 heterocycles. The molecule has 0 bridgehead atoms. The van der Waals surface area contributed by atoms with E-state index in [1.807, 2.05) is 60.1 Å². The summed E-state index contributed by atoms with van der Waals surface area (Å²) in [5, 5.41) is 6.12. The summed E-state index contributed by atoms with van der Waals surface area (Å²) in [5.74, 6) is 0.908. The third kappa shape index (κ3) is 2.74. The van der Waals surface area contributed by atoms with Crippen LogP contribution in [-0.4, -0.2) is 15.5 Å². The lowest BCUT2D eigenvalue weighted by atomic mass is 9.99. The third-order valence-electron chi connectivity index (χ3n) is 4.26. The summed E-state index contributed by atoms with van der Waals surface area (Å²) in [6.07, 6.45) is 1.85. The molecule has 3 aromatic rings. The van der Waals surface area contributed by atoms with Crippen LogP contribution in [0.5, 0.6) is 0 Å². The molecule has 0 N–H and O–H groups in total. The van der Waals surface area contributed by atoms with E-state index in [0.717, 1.165) is 46.3 Å². The van der Waals surface area contributed by atoms with Gasteiger partial charge in [-0.1, -0.05) is 35.3 Å². The Morgan fingerprint density at radius 3 is 2.17 bits per heavy atom. The van der Waals surface area contributed by atoms with Gasteiger partial charge in [0.1, 0.15) is 0 Å². The van der Waals surface area contributed by atoms with Crippen molar-refractivity contribution in [3.8, 4) is 5.69 Å². The molecule has 0 fully saturated rings. The SMILES string of the molecule is Cc1nn(-c2ccc(Cl)cc2)c2c1CCC(c1ccc(Cl)cc1)=N2. The molecule has 0 saturated carbocycles. The van der Waals surface area contributed by atoms with E-state index >= 15 is 0 Å². The van der Waals surface area contributed by atoms with Crippen molar-refractivity contribution in [3.63, 3.8) is 0 Å². The summed E-state index contributed by atoms with van der Waals surface area (Å²) in [5.41, 5.74) is 5.37. The van der Waals surface area contributed by atoms with Gasteiger partial charge in [-0.25, -0.2) is 9.67 Å². The molecule has 4 rings (SSSR count). The Morgan fingerprint density at radius 1 is 0.875 bits per heavy atom. The molecule has 120 valence electrons. The second kappa shape index (κ2) is 6.08. The van der Waals surface area contributed by atoms with E-state index in [-0.39, 0.29) is 0 Å². The maximum atomic E-state index is 6.00. The number of nitrogens with zero attached hydrogens (tertiary/aromatic N) is 3. The summed E-state index contributed by atoms with van der Waals surface area (Å²) < 4.78 is 1.90. The Balaban J connectivity index is 1.82. The maximum absolute atomic E-state index is 6.00. The van der Waals surface area contributed by atoms with Crippen LogP contribution >= 0.6 is 23.2 Å². The van der Waals surface area contributed by atoms with Crippen LogP contribution in [0.4, 0.5) is 5.82 Å². The highest BCUT2D eigenvalue weighted by Gasteiger charge is 2.21. The molecule has 0 atom stereocenters. The summed E-state index contributed by atoms with van der Waals surface area (Å²) in [6, 6.07) is 15.5. The zero-order valence-corrected chi connectivity index (χ0v) is 14.6. The zero-order chi connectivity index (χ0) is 16.7. The van der Waals surface area contributed by atoms with Gasteiger partial charge in [0, 0.05) is 15.6 Å². The van der Waals surface area contributed by atoms with Gasteiger partial charge in [-0.15, -0.1) is 0 Å². The molecule has 1 aromatic heterocycles. The van der Waals surface area contributed by atoms with E-state index in [9.17, 15) is 0 Å². The van der Waals surface area contributed by atoms with Gasteiger partial charge in [-0.2, -0.15) is 5.10 Å². The van der Waals surface area contributed by atoms with E-state index in [1.165, 1.54) is 5.56 Å². The molecule has 1 aliphatic rings. The molecule has 0 saturated heterocycles. The first-order chi connectivity index (χ1) is 11.6. The molecule has 0 spiro atoms. The van der Waals surface area contributed by atoms with Gasteiger partial charge >= 0.3 is 0 Å². The minimum Gasteiger partial charge on any atom is -0.233 e. The van der Waals surface area contributed by atoms with Gasteiger partial charge in [-0.05, 0) is 61.7 Å². The first kappa shape index (κ1) is 15.4. The number of hydrogen-bond acceptors (Lipinski definition) is 2. The van der Waals surface area contributed by atoms with Crippen LogP contribution in [-0.2, 0) is 6.42 Å². The predicted molar refractivity (Wildman–Crippen MR) is 99.3 cm³/mol. The molecule has 0 amide bonds. The second-order valence-corrected chi connectivity index (χ2v) is 6.71. The molecule has 2 aromatic carbocycles. The number of hydrogen-bond donors (Lipinski definition) is 0. The topological polar surface area (TPSA) is 30.2 Å². The average Bonchev–Trinajstić information content (AvgIpc) is 2.93. The fourth-order valence-corrected chi connectivity index (χ4v) is 3.25. The van der Waals surface area contributed by atoms with E-state index in [0.29, 0.717) is 5.02 Å². The van der Waals surface area contributed by atoms with Crippen molar-refractivity contribution in [2.24, 2.45) is 4.99 Å². The molecule has 3 nitrogen and oxygen atoms in total. The predicted octanol–water partition coefficient (Wildman–Crippen LogP) is 5.55. The van der Waals surface area contributed by atoms with E-state index < -0.39 is 0 Å². The van der Waals surface area contributed by atoms with E-state index in [1.54, 1.807) is 0 Å². The van der Waals surface area contributed by atoms with E-state index in [4.69, 9.17) is 28.2 Å². The van der Waals surface area contributed by atoms with Gasteiger partial charge < -0.3 is 0 Å². The summed E-state index contributed by atoms with van der Waals surface area (Å²) >= 11 is 12.0. The largest absolute Gasteiger partial charge is 0.233 e. The van der Waals surface area contributed by atoms with Crippen LogP contribution in [0.3, 0.4) is 0 Å². The average molecular weight is 356 g/mol. The Hall–Kier alpha value is -2.10. The lowest BCUT2D eigenvalue weighted by molar-refractivity contribution is 0.861. The van der Waals surface area contributed by atoms with Crippen molar-refractivity contribution in [3.05, 3.63) is 75.4 Å². The highest BCUT2D eigenvalue weighted by Crippen LogP contribution is 2.33. The van der Waals surface area contributed by atoms with Crippen LogP contribution in [0, 0.1) is 6.92 Å². The molecule has 0 aliphatic carbocycles. The van der Waals surface area contributed by atoms with Crippen molar-refractivity contribution in [1.29, 1.82) is 0 Å². The Bertz CT molecular complexity index is 922. The Labute approximate surface area is 150 Å². The number of aromatic nitrogens is 2. The minimum absolute atomic E-state index is 0.710. The summed E-state index contributed by atoms with van der Waals surface area (Å²) in [4.78, 5) is 4.91.